The molecule has 0 fully saturated rings. The molecular formula is C12H17NO. The first-order valence-corrected chi connectivity index (χ1v) is 5.01. The molecule has 0 heterocycles. The van der Waals surface area contributed by atoms with E-state index in [0.29, 0.717) is 0 Å². The van der Waals surface area contributed by atoms with Crippen LogP contribution in [0.2, 0.25) is 0 Å². The summed E-state index contributed by atoms with van der Waals surface area (Å²) in [4.78, 5) is 11.3. The van der Waals surface area contributed by atoms with E-state index < -0.39 is 0 Å². The fourth-order valence-electron chi connectivity index (χ4n) is 1.46. The fourth-order valence-corrected chi connectivity index (χ4v) is 1.46. The predicted octanol–water partition coefficient (Wildman–Crippen LogP) is 1.80. The van der Waals surface area contributed by atoms with Crippen LogP contribution in [-0.2, 0) is 11.2 Å². The van der Waals surface area contributed by atoms with Gasteiger partial charge in [0, 0.05) is 0 Å². The highest BCUT2D eigenvalue weighted by molar-refractivity contribution is 5.81. The molecule has 0 aliphatic heterocycles. The van der Waals surface area contributed by atoms with Crippen LogP contribution in [0.25, 0.3) is 0 Å². The molecule has 0 amide bonds. The van der Waals surface area contributed by atoms with Gasteiger partial charge in [0.15, 0.2) is 0 Å². The molecule has 2 nitrogen and oxygen atoms in total. The minimum Gasteiger partial charge on any atom is -0.307 e. The average molecular weight is 191 g/mol. The van der Waals surface area contributed by atoms with Crippen LogP contribution in [0, 0.1) is 0 Å². The van der Waals surface area contributed by atoms with Crippen LogP contribution in [0.3, 0.4) is 0 Å². The van der Waals surface area contributed by atoms with Crippen LogP contribution < -0.4 is 5.32 Å². The topological polar surface area (TPSA) is 29.1 Å². The third-order valence-electron chi connectivity index (χ3n) is 2.22. The molecule has 1 atom stereocenters. The molecule has 1 aromatic carbocycles. The van der Waals surface area contributed by atoms with Gasteiger partial charge in [0.05, 0.1) is 6.04 Å². The number of Topliss-reactive ketones (excluding diaryl/α,β-unsaturated/α-hetero) is 1. The van der Waals surface area contributed by atoms with Crippen molar-refractivity contribution in [2.75, 3.05) is 6.54 Å². The highest BCUT2D eigenvalue weighted by Gasteiger charge is 2.12. The van der Waals surface area contributed by atoms with Gasteiger partial charge in [-0.3, -0.25) is 4.79 Å². The Hall–Kier alpha value is -1.15. The highest BCUT2D eigenvalue weighted by atomic mass is 16.1. The summed E-state index contributed by atoms with van der Waals surface area (Å²) < 4.78 is 0. The van der Waals surface area contributed by atoms with Gasteiger partial charge in [-0.15, -0.1) is 0 Å². The molecule has 0 saturated carbocycles. The van der Waals surface area contributed by atoms with Crippen molar-refractivity contribution < 1.29 is 4.79 Å². The Morgan fingerprint density at radius 1 is 1.36 bits per heavy atom. The number of likely N-dealkylation sites (N-methyl/N-ethyl adjacent to an activating group) is 1. The van der Waals surface area contributed by atoms with Crippen molar-refractivity contribution in [3.8, 4) is 0 Å². The van der Waals surface area contributed by atoms with Crippen molar-refractivity contribution in [1.82, 2.24) is 5.32 Å². The molecule has 0 bridgehead atoms. The minimum absolute atomic E-state index is 0.0394. The molecule has 1 aromatic rings. The summed E-state index contributed by atoms with van der Waals surface area (Å²) in [5.41, 5.74) is 1.20. The Morgan fingerprint density at radius 3 is 2.50 bits per heavy atom. The van der Waals surface area contributed by atoms with Gasteiger partial charge in [-0.2, -0.15) is 0 Å². The van der Waals surface area contributed by atoms with E-state index in [1.807, 2.05) is 37.3 Å². The molecule has 0 aromatic heterocycles. The second kappa shape index (κ2) is 5.55. The zero-order valence-electron chi connectivity index (χ0n) is 8.79. The second-order valence-corrected chi connectivity index (χ2v) is 3.41. The Bertz CT molecular complexity index is 282. The van der Waals surface area contributed by atoms with E-state index in [1.165, 1.54) is 5.56 Å². The van der Waals surface area contributed by atoms with Gasteiger partial charge < -0.3 is 5.32 Å². The molecule has 76 valence electrons. The smallest absolute Gasteiger partial charge is 0.147 e. The number of rotatable bonds is 5. The van der Waals surface area contributed by atoms with Crippen LogP contribution >= 0.6 is 0 Å². The zero-order valence-corrected chi connectivity index (χ0v) is 8.79. The Morgan fingerprint density at radius 2 is 2.00 bits per heavy atom. The van der Waals surface area contributed by atoms with Crippen molar-refractivity contribution in [3.63, 3.8) is 0 Å². The summed E-state index contributed by atoms with van der Waals surface area (Å²) >= 11 is 0. The largest absolute Gasteiger partial charge is 0.307 e. The molecule has 14 heavy (non-hydrogen) atoms. The van der Waals surface area contributed by atoms with E-state index in [0.717, 1.165) is 13.0 Å². The van der Waals surface area contributed by atoms with E-state index in [9.17, 15) is 4.79 Å². The van der Waals surface area contributed by atoms with Crippen LogP contribution in [0.1, 0.15) is 19.4 Å². The number of hydrogen-bond donors (Lipinski definition) is 1. The van der Waals surface area contributed by atoms with Gasteiger partial charge in [-0.25, -0.2) is 0 Å². The summed E-state index contributed by atoms with van der Waals surface area (Å²) in [6.07, 6.45) is 0.782. The first kappa shape index (κ1) is 10.9. The maximum atomic E-state index is 11.3. The van der Waals surface area contributed by atoms with Gasteiger partial charge >= 0.3 is 0 Å². The first-order valence-electron chi connectivity index (χ1n) is 5.01. The van der Waals surface area contributed by atoms with Gasteiger partial charge in [0.1, 0.15) is 5.78 Å². The summed E-state index contributed by atoms with van der Waals surface area (Å²) in [6, 6.07) is 10.0. The molecule has 2 heteroatoms. The monoisotopic (exact) mass is 191 g/mol. The number of benzene rings is 1. The highest BCUT2D eigenvalue weighted by Crippen LogP contribution is 2.03. The van der Waals surface area contributed by atoms with E-state index in [2.05, 4.69) is 5.32 Å². The van der Waals surface area contributed by atoms with Crippen molar-refractivity contribution in [2.45, 2.75) is 26.3 Å². The summed E-state index contributed by atoms with van der Waals surface area (Å²) in [5.74, 6) is 0.204. The second-order valence-electron chi connectivity index (χ2n) is 3.41. The van der Waals surface area contributed by atoms with Gasteiger partial charge in [0.25, 0.3) is 0 Å². The van der Waals surface area contributed by atoms with Crippen molar-refractivity contribution >= 4 is 5.78 Å². The average Bonchev–Trinajstić information content (AvgIpc) is 2.18. The van der Waals surface area contributed by atoms with E-state index in [4.69, 9.17) is 0 Å². The summed E-state index contributed by atoms with van der Waals surface area (Å²) in [7, 11) is 0. The lowest BCUT2D eigenvalue weighted by molar-refractivity contribution is -0.118. The lowest BCUT2D eigenvalue weighted by Gasteiger charge is -2.14. The lowest BCUT2D eigenvalue weighted by atomic mass is 10.0. The SMILES string of the molecule is CCNC(Cc1ccccc1)C(C)=O. The summed E-state index contributed by atoms with van der Waals surface area (Å²) in [5, 5.41) is 3.18. The molecule has 0 saturated heterocycles. The predicted molar refractivity (Wildman–Crippen MR) is 58.3 cm³/mol. The molecule has 0 aliphatic carbocycles. The number of hydrogen-bond acceptors (Lipinski definition) is 2. The van der Waals surface area contributed by atoms with E-state index >= 15 is 0 Å². The summed E-state index contributed by atoms with van der Waals surface area (Å²) in [6.45, 7) is 4.48. The standard InChI is InChI=1S/C12H17NO/c1-3-13-12(10(2)14)9-11-7-5-4-6-8-11/h4-8,12-13H,3,9H2,1-2H3. The molecule has 1 N–H and O–H groups in total. The van der Waals surface area contributed by atoms with Gasteiger partial charge in [0.2, 0.25) is 0 Å². The Kier molecular flexibility index (Phi) is 4.33. The molecule has 1 unspecified atom stereocenters. The maximum absolute atomic E-state index is 11.3. The van der Waals surface area contributed by atoms with E-state index in [1.54, 1.807) is 6.92 Å². The van der Waals surface area contributed by atoms with Crippen molar-refractivity contribution in [1.29, 1.82) is 0 Å². The van der Waals surface area contributed by atoms with Gasteiger partial charge in [-0.1, -0.05) is 37.3 Å². The van der Waals surface area contributed by atoms with Crippen LogP contribution in [0.5, 0.6) is 0 Å². The van der Waals surface area contributed by atoms with Gasteiger partial charge in [-0.05, 0) is 25.5 Å². The fraction of sp³-hybridized carbons (Fsp3) is 0.417. The first-order chi connectivity index (χ1) is 6.74. The zero-order chi connectivity index (χ0) is 10.4. The number of carbonyl (C=O) groups is 1. The molecule has 1 rings (SSSR count). The number of ketones is 1. The normalized spacial score (nSPS) is 12.4. The van der Waals surface area contributed by atoms with Crippen LogP contribution in [-0.4, -0.2) is 18.4 Å². The molecule has 0 radical (unpaired) electrons. The quantitative estimate of drug-likeness (QED) is 0.769. The van der Waals surface area contributed by atoms with Crippen LogP contribution in [0.15, 0.2) is 30.3 Å². The minimum atomic E-state index is -0.0394. The third kappa shape index (κ3) is 3.30. The van der Waals surface area contributed by atoms with Crippen LogP contribution in [0.4, 0.5) is 0 Å². The third-order valence-corrected chi connectivity index (χ3v) is 2.22. The van der Waals surface area contributed by atoms with Crippen molar-refractivity contribution in [3.05, 3.63) is 35.9 Å². The Labute approximate surface area is 85.3 Å². The van der Waals surface area contributed by atoms with Crippen molar-refractivity contribution in [2.24, 2.45) is 0 Å². The number of carbonyl (C=O) groups excluding carboxylic acids is 1. The lowest BCUT2D eigenvalue weighted by Crippen LogP contribution is -2.36. The molecule has 0 spiro atoms. The molecule has 0 aliphatic rings. The van der Waals surface area contributed by atoms with E-state index in [-0.39, 0.29) is 11.8 Å². The number of nitrogens with one attached hydrogen (secondary N) is 1. The maximum Gasteiger partial charge on any atom is 0.147 e. The molecular weight excluding hydrogens is 174 g/mol. The Balaban J connectivity index is 2.60.